The molecule has 1 unspecified atom stereocenters. The third-order valence-corrected chi connectivity index (χ3v) is 3.22. The van der Waals surface area contributed by atoms with Crippen LogP contribution in [0.5, 0.6) is 0 Å². The summed E-state index contributed by atoms with van der Waals surface area (Å²) in [5.74, 6) is -0.00859. The first-order chi connectivity index (χ1) is 9.08. The maximum Gasteiger partial charge on any atom is 0.233 e. The number of nitrogens with zero attached hydrogens (tertiary/aromatic N) is 1. The van der Waals surface area contributed by atoms with Gasteiger partial charge in [-0.3, -0.25) is 9.69 Å². The molecule has 0 aromatic heterocycles. The van der Waals surface area contributed by atoms with Crippen molar-refractivity contribution in [2.24, 2.45) is 5.73 Å². The van der Waals surface area contributed by atoms with E-state index in [0.29, 0.717) is 18.0 Å². The Kier molecular flexibility index (Phi) is 6.45. The van der Waals surface area contributed by atoms with Crippen LogP contribution < -0.4 is 11.1 Å². The lowest BCUT2D eigenvalue weighted by atomic mass is 10.0. The molecule has 19 heavy (non-hydrogen) atoms. The average molecular weight is 279 g/mol. The highest BCUT2D eigenvalue weighted by molar-refractivity contribution is 7.80. The van der Waals surface area contributed by atoms with Crippen LogP contribution in [0.4, 0.5) is 0 Å². The van der Waals surface area contributed by atoms with Crippen LogP contribution in [-0.4, -0.2) is 35.9 Å². The fourth-order valence-electron chi connectivity index (χ4n) is 2.03. The van der Waals surface area contributed by atoms with Gasteiger partial charge in [-0.1, -0.05) is 49.5 Å². The smallest absolute Gasteiger partial charge is 0.233 e. The van der Waals surface area contributed by atoms with E-state index in [-0.39, 0.29) is 11.9 Å². The predicted molar refractivity (Wildman–Crippen MR) is 81.9 cm³/mol. The molecule has 0 fully saturated rings. The number of nitrogens with two attached hydrogens (primary N) is 1. The highest BCUT2D eigenvalue weighted by atomic mass is 32.1. The topological polar surface area (TPSA) is 58.4 Å². The first-order valence-electron chi connectivity index (χ1n) is 6.36. The molecule has 0 bridgehead atoms. The molecule has 1 rings (SSSR count). The SMILES string of the molecule is CCN(CC(=O)NC)C(CC(N)=S)c1ccccc1. The number of benzene rings is 1. The molecular weight excluding hydrogens is 258 g/mol. The van der Waals surface area contributed by atoms with Gasteiger partial charge in [-0.15, -0.1) is 0 Å². The largest absolute Gasteiger partial charge is 0.393 e. The minimum absolute atomic E-state index is 0.00859. The van der Waals surface area contributed by atoms with E-state index in [0.717, 1.165) is 12.1 Å². The Balaban J connectivity index is 2.94. The zero-order valence-corrected chi connectivity index (χ0v) is 12.2. The fourth-order valence-corrected chi connectivity index (χ4v) is 2.19. The standard InChI is InChI=1S/C14H21N3OS/c1-3-17(10-14(18)16-2)12(9-13(15)19)11-7-5-4-6-8-11/h4-8,12H,3,9-10H2,1-2H3,(H2,15,19)(H,16,18). The van der Waals surface area contributed by atoms with Gasteiger partial charge in [-0.2, -0.15) is 0 Å². The molecule has 1 amide bonds. The number of hydrogen-bond donors (Lipinski definition) is 2. The Morgan fingerprint density at radius 1 is 1.42 bits per heavy atom. The van der Waals surface area contributed by atoms with Crippen molar-refractivity contribution >= 4 is 23.1 Å². The molecule has 0 spiro atoms. The molecule has 0 aliphatic rings. The van der Waals surface area contributed by atoms with Gasteiger partial charge in [-0.05, 0) is 12.1 Å². The van der Waals surface area contributed by atoms with Crippen LogP contribution in [0.3, 0.4) is 0 Å². The van der Waals surface area contributed by atoms with E-state index in [1.807, 2.05) is 37.3 Å². The van der Waals surface area contributed by atoms with Gasteiger partial charge < -0.3 is 11.1 Å². The number of carbonyl (C=O) groups is 1. The van der Waals surface area contributed by atoms with Gasteiger partial charge in [0.05, 0.1) is 11.5 Å². The van der Waals surface area contributed by atoms with Gasteiger partial charge in [0.2, 0.25) is 5.91 Å². The van der Waals surface area contributed by atoms with Crippen LogP contribution >= 0.6 is 12.2 Å². The Hall–Kier alpha value is -1.46. The molecule has 0 radical (unpaired) electrons. The third-order valence-electron chi connectivity index (χ3n) is 3.05. The van der Waals surface area contributed by atoms with Crippen LogP contribution in [-0.2, 0) is 4.79 Å². The number of likely N-dealkylation sites (N-methyl/N-ethyl adjacent to an activating group) is 2. The third kappa shape index (κ3) is 4.96. The van der Waals surface area contributed by atoms with E-state index >= 15 is 0 Å². The second-order valence-electron chi connectivity index (χ2n) is 4.33. The number of nitrogens with one attached hydrogen (secondary N) is 1. The second-order valence-corrected chi connectivity index (χ2v) is 4.86. The van der Waals surface area contributed by atoms with E-state index in [9.17, 15) is 4.79 Å². The summed E-state index contributed by atoms with van der Waals surface area (Å²) in [5.41, 5.74) is 6.82. The van der Waals surface area contributed by atoms with Crippen molar-refractivity contribution in [3.8, 4) is 0 Å². The summed E-state index contributed by atoms with van der Waals surface area (Å²) in [6, 6.07) is 10.0. The lowest BCUT2D eigenvalue weighted by molar-refractivity contribution is -0.122. The van der Waals surface area contributed by atoms with Gasteiger partial charge in [0.1, 0.15) is 0 Å². The summed E-state index contributed by atoms with van der Waals surface area (Å²) in [4.78, 5) is 14.1. The second kappa shape index (κ2) is 7.86. The van der Waals surface area contributed by atoms with Crippen molar-refractivity contribution in [2.45, 2.75) is 19.4 Å². The van der Waals surface area contributed by atoms with Crippen molar-refractivity contribution in [3.05, 3.63) is 35.9 Å². The molecule has 5 heteroatoms. The van der Waals surface area contributed by atoms with Crippen molar-refractivity contribution in [3.63, 3.8) is 0 Å². The maximum absolute atomic E-state index is 11.6. The summed E-state index contributed by atoms with van der Waals surface area (Å²) in [6.45, 7) is 3.13. The zero-order valence-electron chi connectivity index (χ0n) is 11.4. The molecule has 1 aromatic rings. The van der Waals surface area contributed by atoms with Crippen molar-refractivity contribution in [2.75, 3.05) is 20.1 Å². The Morgan fingerprint density at radius 3 is 2.53 bits per heavy atom. The van der Waals surface area contributed by atoms with E-state index in [2.05, 4.69) is 10.2 Å². The summed E-state index contributed by atoms with van der Waals surface area (Å²) >= 11 is 5.03. The Labute approximate surface area is 120 Å². The molecule has 4 nitrogen and oxygen atoms in total. The summed E-state index contributed by atoms with van der Waals surface area (Å²) in [7, 11) is 1.64. The molecular formula is C14H21N3OS. The summed E-state index contributed by atoms with van der Waals surface area (Å²) < 4.78 is 0. The number of carbonyl (C=O) groups excluding carboxylic acids is 1. The van der Waals surface area contributed by atoms with Crippen molar-refractivity contribution < 1.29 is 4.79 Å². The van der Waals surface area contributed by atoms with Crippen LogP contribution in [0.25, 0.3) is 0 Å². The van der Waals surface area contributed by atoms with Gasteiger partial charge >= 0.3 is 0 Å². The van der Waals surface area contributed by atoms with Gasteiger partial charge in [0.25, 0.3) is 0 Å². The number of amides is 1. The number of thiocarbonyl (C=S) groups is 1. The Bertz CT molecular complexity index is 422. The monoisotopic (exact) mass is 279 g/mol. The maximum atomic E-state index is 11.6. The van der Waals surface area contributed by atoms with E-state index in [4.69, 9.17) is 18.0 Å². The minimum atomic E-state index is -0.00859. The highest BCUT2D eigenvalue weighted by Gasteiger charge is 2.21. The molecule has 0 aliphatic carbocycles. The number of rotatable bonds is 7. The number of hydrogen-bond acceptors (Lipinski definition) is 3. The molecule has 0 heterocycles. The molecule has 104 valence electrons. The molecule has 0 aliphatic heterocycles. The first kappa shape index (κ1) is 15.6. The molecule has 1 atom stereocenters. The lowest BCUT2D eigenvalue weighted by Crippen LogP contribution is -2.39. The van der Waals surface area contributed by atoms with Gasteiger partial charge in [0.15, 0.2) is 0 Å². The zero-order chi connectivity index (χ0) is 14.3. The van der Waals surface area contributed by atoms with Crippen molar-refractivity contribution in [1.29, 1.82) is 0 Å². The lowest BCUT2D eigenvalue weighted by Gasteiger charge is -2.30. The van der Waals surface area contributed by atoms with Gasteiger partial charge in [-0.25, -0.2) is 0 Å². The first-order valence-corrected chi connectivity index (χ1v) is 6.77. The van der Waals surface area contributed by atoms with Crippen molar-refractivity contribution in [1.82, 2.24) is 10.2 Å². The van der Waals surface area contributed by atoms with Crippen LogP contribution in [0.1, 0.15) is 24.9 Å². The van der Waals surface area contributed by atoms with Gasteiger partial charge in [0, 0.05) is 19.5 Å². The van der Waals surface area contributed by atoms with Crippen LogP contribution in [0, 0.1) is 0 Å². The minimum Gasteiger partial charge on any atom is -0.393 e. The van der Waals surface area contributed by atoms with E-state index in [1.54, 1.807) is 7.05 Å². The summed E-state index contributed by atoms with van der Waals surface area (Å²) in [6.07, 6.45) is 0.574. The predicted octanol–water partition coefficient (Wildman–Crippen LogP) is 1.47. The molecule has 3 N–H and O–H groups in total. The Morgan fingerprint density at radius 2 is 2.05 bits per heavy atom. The van der Waals surface area contributed by atoms with E-state index in [1.165, 1.54) is 0 Å². The normalized spacial score (nSPS) is 12.2. The van der Waals surface area contributed by atoms with E-state index < -0.39 is 0 Å². The van der Waals surface area contributed by atoms with Crippen LogP contribution in [0.2, 0.25) is 0 Å². The highest BCUT2D eigenvalue weighted by Crippen LogP contribution is 2.23. The molecule has 0 saturated heterocycles. The molecule has 0 saturated carbocycles. The molecule has 1 aromatic carbocycles. The summed E-state index contributed by atoms with van der Waals surface area (Å²) in [5, 5.41) is 2.64. The fraction of sp³-hybridized carbons (Fsp3) is 0.429. The quantitative estimate of drug-likeness (QED) is 0.742. The average Bonchev–Trinajstić information content (AvgIpc) is 2.43. The van der Waals surface area contributed by atoms with Crippen LogP contribution in [0.15, 0.2) is 30.3 Å².